The lowest BCUT2D eigenvalue weighted by Crippen LogP contribution is -1.81. The minimum Gasteiger partial charge on any atom is -0.455 e. The lowest BCUT2D eigenvalue weighted by Gasteiger charge is -2.05. The molecule has 5 aromatic rings. The summed E-state index contributed by atoms with van der Waals surface area (Å²) in [6.07, 6.45) is 0. The summed E-state index contributed by atoms with van der Waals surface area (Å²) >= 11 is 0. The van der Waals surface area contributed by atoms with Crippen molar-refractivity contribution in [3.63, 3.8) is 0 Å². The van der Waals surface area contributed by atoms with E-state index in [2.05, 4.69) is 78.9 Å². The van der Waals surface area contributed by atoms with Gasteiger partial charge in [0, 0.05) is 16.3 Å². The van der Waals surface area contributed by atoms with Crippen molar-refractivity contribution in [1.29, 1.82) is 0 Å². The minimum absolute atomic E-state index is 0.936. The van der Waals surface area contributed by atoms with Crippen LogP contribution in [0.2, 0.25) is 0 Å². The fourth-order valence-electron chi connectivity index (χ4n) is 3.45. The number of para-hydroxylation sites is 2. The Labute approximate surface area is 146 Å². The third kappa shape index (κ3) is 2.33. The number of hydrogen-bond acceptors (Lipinski definition) is 1. The summed E-state index contributed by atoms with van der Waals surface area (Å²) in [6.45, 7) is 0. The van der Waals surface area contributed by atoms with Crippen molar-refractivity contribution in [3.8, 4) is 22.3 Å². The number of hydrogen-bond donors (Lipinski definition) is 0. The second-order valence-corrected chi connectivity index (χ2v) is 6.22. The molecule has 0 unspecified atom stereocenters. The molecule has 0 radical (unpaired) electrons. The van der Waals surface area contributed by atoms with Crippen LogP contribution < -0.4 is 0 Å². The van der Waals surface area contributed by atoms with Crippen LogP contribution in [0.15, 0.2) is 101 Å². The number of fused-ring (bicyclic) bond motifs is 3. The maximum atomic E-state index is 6.15. The molecular weight excluding hydrogens is 304 g/mol. The highest BCUT2D eigenvalue weighted by Crippen LogP contribution is 2.36. The predicted octanol–water partition coefficient (Wildman–Crippen LogP) is 6.92. The van der Waals surface area contributed by atoms with Gasteiger partial charge in [-0.1, -0.05) is 91.0 Å². The quantitative estimate of drug-likeness (QED) is 0.344. The molecule has 5 rings (SSSR count). The maximum absolute atomic E-state index is 6.15. The Morgan fingerprint density at radius 3 is 1.92 bits per heavy atom. The molecule has 1 heterocycles. The Bertz CT molecular complexity index is 1170. The van der Waals surface area contributed by atoms with E-state index in [1.165, 1.54) is 27.5 Å². The summed E-state index contributed by atoms with van der Waals surface area (Å²) in [6, 6.07) is 33.7. The van der Waals surface area contributed by atoms with E-state index in [1.54, 1.807) is 0 Å². The van der Waals surface area contributed by atoms with Gasteiger partial charge in [0.2, 0.25) is 0 Å². The first-order valence-electron chi connectivity index (χ1n) is 8.46. The second-order valence-electron chi connectivity index (χ2n) is 6.22. The highest BCUT2D eigenvalue weighted by molar-refractivity contribution is 6.09. The molecule has 0 fully saturated rings. The Morgan fingerprint density at radius 2 is 1.08 bits per heavy atom. The third-order valence-corrected chi connectivity index (χ3v) is 4.71. The smallest absolute Gasteiger partial charge is 0.143 e. The zero-order chi connectivity index (χ0) is 16.6. The van der Waals surface area contributed by atoms with Gasteiger partial charge >= 0.3 is 0 Å². The summed E-state index contributed by atoms with van der Waals surface area (Å²) in [7, 11) is 0. The monoisotopic (exact) mass is 320 g/mol. The molecule has 1 nitrogen and oxygen atoms in total. The first-order valence-corrected chi connectivity index (χ1v) is 8.46. The summed E-state index contributed by atoms with van der Waals surface area (Å²) in [5.74, 6) is 0. The van der Waals surface area contributed by atoms with Gasteiger partial charge in [-0.25, -0.2) is 0 Å². The standard InChI is InChI=1S/C24H16O/c1-2-7-17(8-3-1)18-13-15-19(16-14-18)20-10-6-11-22-21-9-4-5-12-23(21)25-24(20)22/h1-16H. The van der Waals surface area contributed by atoms with Gasteiger partial charge in [-0.3, -0.25) is 0 Å². The number of rotatable bonds is 2. The van der Waals surface area contributed by atoms with Crippen molar-refractivity contribution < 1.29 is 4.42 Å². The van der Waals surface area contributed by atoms with Gasteiger partial charge in [0.1, 0.15) is 11.2 Å². The normalized spacial score (nSPS) is 11.2. The Kier molecular flexibility index (Phi) is 3.17. The molecular formula is C24H16O. The molecule has 1 aromatic heterocycles. The average Bonchev–Trinajstić information content (AvgIpc) is 3.08. The first kappa shape index (κ1) is 14.1. The van der Waals surface area contributed by atoms with Gasteiger partial charge in [-0.05, 0) is 22.8 Å². The molecule has 0 aliphatic carbocycles. The molecule has 0 aliphatic rings. The van der Waals surface area contributed by atoms with Gasteiger partial charge in [0.15, 0.2) is 0 Å². The highest BCUT2D eigenvalue weighted by Gasteiger charge is 2.11. The first-order chi connectivity index (χ1) is 12.4. The van der Waals surface area contributed by atoms with Gasteiger partial charge in [0.25, 0.3) is 0 Å². The van der Waals surface area contributed by atoms with E-state index in [4.69, 9.17) is 4.42 Å². The molecule has 0 amide bonds. The molecule has 4 aromatic carbocycles. The van der Waals surface area contributed by atoms with E-state index in [1.807, 2.05) is 18.2 Å². The van der Waals surface area contributed by atoms with Crippen molar-refractivity contribution in [1.82, 2.24) is 0 Å². The van der Waals surface area contributed by atoms with Crippen LogP contribution in [0.1, 0.15) is 0 Å². The van der Waals surface area contributed by atoms with Crippen LogP contribution in [-0.4, -0.2) is 0 Å². The fraction of sp³-hybridized carbons (Fsp3) is 0. The zero-order valence-electron chi connectivity index (χ0n) is 13.6. The summed E-state index contributed by atoms with van der Waals surface area (Å²) in [5, 5.41) is 2.33. The molecule has 0 saturated carbocycles. The van der Waals surface area contributed by atoms with Crippen LogP contribution >= 0.6 is 0 Å². The Hall–Kier alpha value is -3.32. The molecule has 0 bridgehead atoms. The van der Waals surface area contributed by atoms with Gasteiger partial charge in [0.05, 0.1) is 0 Å². The van der Waals surface area contributed by atoms with Crippen molar-refractivity contribution in [2.24, 2.45) is 0 Å². The molecule has 25 heavy (non-hydrogen) atoms. The molecule has 0 saturated heterocycles. The molecule has 0 aliphatic heterocycles. The van der Waals surface area contributed by atoms with Crippen LogP contribution in [0.25, 0.3) is 44.2 Å². The van der Waals surface area contributed by atoms with E-state index in [0.29, 0.717) is 0 Å². The highest BCUT2D eigenvalue weighted by atomic mass is 16.3. The number of furan rings is 1. The van der Waals surface area contributed by atoms with Crippen molar-refractivity contribution >= 4 is 21.9 Å². The summed E-state index contributed by atoms with van der Waals surface area (Å²) in [5.41, 5.74) is 6.65. The summed E-state index contributed by atoms with van der Waals surface area (Å²) in [4.78, 5) is 0. The molecule has 0 spiro atoms. The average molecular weight is 320 g/mol. The Morgan fingerprint density at radius 1 is 0.440 bits per heavy atom. The van der Waals surface area contributed by atoms with Crippen LogP contribution in [0.4, 0.5) is 0 Å². The fourth-order valence-corrected chi connectivity index (χ4v) is 3.45. The van der Waals surface area contributed by atoms with Crippen LogP contribution in [0.5, 0.6) is 0 Å². The van der Waals surface area contributed by atoms with Crippen LogP contribution in [-0.2, 0) is 0 Å². The lowest BCUT2D eigenvalue weighted by molar-refractivity contribution is 0.670. The number of benzene rings is 4. The molecule has 1 heteroatoms. The van der Waals surface area contributed by atoms with Crippen molar-refractivity contribution in [3.05, 3.63) is 97.1 Å². The van der Waals surface area contributed by atoms with Crippen LogP contribution in [0, 0.1) is 0 Å². The Balaban J connectivity index is 1.66. The largest absolute Gasteiger partial charge is 0.455 e. The van der Waals surface area contributed by atoms with Gasteiger partial charge < -0.3 is 4.42 Å². The van der Waals surface area contributed by atoms with Gasteiger partial charge in [-0.15, -0.1) is 0 Å². The zero-order valence-corrected chi connectivity index (χ0v) is 13.6. The van der Waals surface area contributed by atoms with Gasteiger partial charge in [-0.2, -0.15) is 0 Å². The van der Waals surface area contributed by atoms with E-state index in [-0.39, 0.29) is 0 Å². The summed E-state index contributed by atoms with van der Waals surface area (Å²) < 4.78 is 6.15. The SMILES string of the molecule is c1ccc(-c2ccc(-c3cccc4c3oc3ccccc34)cc2)cc1. The topological polar surface area (TPSA) is 13.1 Å². The second kappa shape index (κ2) is 5.64. The predicted molar refractivity (Wildman–Crippen MR) is 105 cm³/mol. The third-order valence-electron chi connectivity index (χ3n) is 4.71. The van der Waals surface area contributed by atoms with E-state index in [9.17, 15) is 0 Å². The molecule has 0 N–H and O–H groups in total. The van der Waals surface area contributed by atoms with Crippen LogP contribution in [0.3, 0.4) is 0 Å². The van der Waals surface area contributed by atoms with Crippen molar-refractivity contribution in [2.75, 3.05) is 0 Å². The van der Waals surface area contributed by atoms with E-state index >= 15 is 0 Å². The minimum atomic E-state index is 0.936. The maximum Gasteiger partial charge on any atom is 0.143 e. The van der Waals surface area contributed by atoms with Crippen molar-refractivity contribution in [2.45, 2.75) is 0 Å². The lowest BCUT2D eigenvalue weighted by atomic mass is 9.99. The molecule has 118 valence electrons. The van der Waals surface area contributed by atoms with E-state index in [0.717, 1.165) is 16.7 Å². The molecule has 0 atom stereocenters. The van der Waals surface area contributed by atoms with E-state index < -0.39 is 0 Å².